The van der Waals surface area contributed by atoms with Gasteiger partial charge in [-0.2, -0.15) is 0 Å². The Morgan fingerprint density at radius 1 is 1.38 bits per heavy atom. The number of amides is 1. The number of aliphatic carboxylic acids is 1. The van der Waals surface area contributed by atoms with Crippen LogP contribution in [0.2, 0.25) is 0 Å². The van der Waals surface area contributed by atoms with Crippen molar-refractivity contribution >= 4 is 11.9 Å². The van der Waals surface area contributed by atoms with Crippen molar-refractivity contribution in [3.05, 3.63) is 11.9 Å². The van der Waals surface area contributed by atoms with Gasteiger partial charge in [-0.15, -0.1) is 5.10 Å². The molecule has 1 aliphatic heterocycles. The number of carbonyl (C=O) groups is 2. The Morgan fingerprint density at radius 3 is 2.90 bits per heavy atom. The van der Waals surface area contributed by atoms with E-state index in [-0.39, 0.29) is 18.1 Å². The van der Waals surface area contributed by atoms with Gasteiger partial charge in [0.15, 0.2) is 5.69 Å². The van der Waals surface area contributed by atoms with Crippen LogP contribution in [0.1, 0.15) is 49.5 Å². The van der Waals surface area contributed by atoms with Crippen LogP contribution in [0.5, 0.6) is 0 Å². The lowest BCUT2D eigenvalue weighted by molar-refractivity contribution is -0.137. The average molecular weight is 294 g/mol. The fourth-order valence-electron chi connectivity index (χ4n) is 2.84. The molecule has 1 atom stereocenters. The highest BCUT2D eigenvalue weighted by molar-refractivity contribution is 5.92. The number of nitrogens with zero attached hydrogens (tertiary/aromatic N) is 4. The van der Waals surface area contributed by atoms with Gasteiger partial charge in [0.25, 0.3) is 5.91 Å². The molecule has 1 amide bonds. The third-order valence-corrected chi connectivity index (χ3v) is 3.89. The van der Waals surface area contributed by atoms with Gasteiger partial charge in [-0.05, 0) is 25.2 Å². The molecule has 1 saturated heterocycles. The number of hydrogen-bond acceptors (Lipinski definition) is 4. The lowest BCUT2D eigenvalue weighted by atomic mass is 9.96. The summed E-state index contributed by atoms with van der Waals surface area (Å²) in [6.07, 6.45) is 7.02. The zero-order valence-electron chi connectivity index (χ0n) is 12.4. The quantitative estimate of drug-likeness (QED) is 0.887. The summed E-state index contributed by atoms with van der Waals surface area (Å²) >= 11 is 0. The molecule has 0 aliphatic carbocycles. The summed E-state index contributed by atoms with van der Waals surface area (Å²) < 4.78 is 1.17. The van der Waals surface area contributed by atoms with Crippen LogP contribution in [-0.2, 0) is 11.3 Å². The SMILES string of the molecule is CCCC1CCCN(C(=O)c2cn(CC(=O)O)nn2)CC1. The maximum atomic E-state index is 12.4. The lowest BCUT2D eigenvalue weighted by Gasteiger charge is -2.19. The van der Waals surface area contributed by atoms with Crippen molar-refractivity contribution in [2.75, 3.05) is 13.1 Å². The Hall–Kier alpha value is -1.92. The van der Waals surface area contributed by atoms with E-state index in [0.717, 1.165) is 25.9 Å². The third kappa shape index (κ3) is 4.27. The van der Waals surface area contributed by atoms with E-state index in [2.05, 4.69) is 17.2 Å². The van der Waals surface area contributed by atoms with Gasteiger partial charge in [0.05, 0.1) is 6.20 Å². The van der Waals surface area contributed by atoms with Gasteiger partial charge >= 0.3 is 5.97 Å². The second-order valence-electron chi connectivity index (χ2n) is 5.57. The normalized spacial score (nSPS) is 19.3. The molecule has 2 heterocycles. The van der Waals surface area contributed by atoms with Crippen molar-refractivity contribution in [2.45, 2.75) is 45.6 Å². The molecule has 21 heavy (non-hydrogen) atoms. The molecule has 1 aliphatic rings. The molecule has 0 saturated carbocycles. The van der Waals surface area contributed by atoms with Crippen molar-refractivity contribution in [3.63, 3.8) is 0 Å². The van der Waals surface area contributed by atoms with Crippen LogP contribution in [0, 0.1) is 5.92 Å². The number of carbonyl (C=O) groups excluding carboxylic acids is 1. The standard InChI is InChI=1S/C14H22N4O3/c1-2-4-11-5-3-7-17(8-6-11)14(21)12-9-18(16-15-12)10-13(19)20/h9,11H,2-8,10H2,1H3,(H,19,20). The minimum absolute atomic E-state index is 0.149. The molecule has 1 fully saturated rings. The molecule has 1 aromatic heterocycles. The van der Waals surface area contributed by atoms with E-state index in [4.69, 9.17) is 5.11 Å². The Balaban J connectivity index is 1.96. The van der Waals surface area contributed by atoms with Crippen LogP contribution in [0.25, 0.3) is 0 Å². The molecule has 0 spiro atoms. The molecule has 1 N–H and O–H groups in total. The summed E-state index contributed by atoms with van der Waals surface area (Å²) in [7, 11) is 0. The Morgan fingerprint density at radius 2 is 2.19 bits per heavy atom. The molecule has 1 unspecified atom stereocenters. The molecule has 1 aromatic rings. The number of carboxylic acid groups (broad SMARTS) is 1. The second kappa shape index (κ2) is 7.19. The highest BCUT2D eigenvalue weighted by Crippen LogP contribution is 2.22. The summed E-state index contributed by atoms with van der Waals surface area (Å²) in [5.74, 6) is -0.449. The minimum atomic E-state index is -1.00. The van der Waals surface area contributed by atoms with Crippen LogP contribution in [-0.4, -0.2) is 50.0 Å². The van der Waals surface area contributed by atoms with Gasteiger partial charge in [0, 0.05) is 13.1 Å². The molecule has 0 aromatic carbocycles. The van der Waals surface area contributed by atoms with E-state index < -0.39 is 5.97 Å². The molecule has 2 rings (SSSR count). The van der Waals surface area contributed by atoms with E-state index in [1.807, 2.05) is 4.90 Å². The first-order valence-electron chi connectivity index (χ1n) is 7.51. The van der Waals surface area contributed by atoms with Crippen LogP contribution < -0.4 is 0 Å². The number of aromatic nitrogens is 3. The van der Waals surface area contributed by atoms with Crippen LogP contribution in [0.15, 0.2) is 6.20 Å². The van der Waals surface area contributed by atoms with Gasteiger partial charge < -0.3 is 10.0 Å². The van der Waals surface area contributed by atoms with E-state index >= 15 is 0 Å². The number of carboxylic acids is 1. The zero-order chi connectivity index (χ0) is 15.2. The fourth-order valence-corrected chi connectivity index (χ4v) is 2.84. The first-order chi connectivity index (χ1) is 10.1. The highest BCUT2D eigenvalue weighted by Gasteiger charge is 2.23. The van der Waals surface area contributed by atoms with E-state index in [9.17, 15) is 9.59 Å². The maximum absolute atomic E-state index is 12.4. The van der Waals surface area contributed by atoms with Gasteiger partial charge in [-0.25, -0.2) is 4.68 Å². The largest absolute Gasteiger partial charge is 0.480 e. The number of likely N-dealkylation sites (tertiary alicyclic amines) is 1. The van der Waals surface area contributed by atoms with E-state index in [1.54, 1.807) is 0 Å². The fraction of sp³-hybridized carbons (Fsp3) is 0.714. The monoisotopic (exact) mass is 294 g/mol. The molecule has 0 bridgehead atoms. The van der Waals surface area contributed by atoms with Crippen molar-refractivity contribution < 1.29 is 14.7 Å². The van der Waals surface area contributed by atoms with Crippen LogP contribution in [0.3, 0.4) is 0 Å². The van der Waals surface area contributed by atoms with E-state index in [0.29, 0.717) is 5.92 Å². The molecular formula is C14H22N4O3. The summed E-state index contributed by atoms with van der Waals surface area (Å²) in [6.45, 7) is 3.40. The molecule has 7 nitrogen and oxygen atoms in total. The van der Waals surface area contributed by atoms with Crippen molar-refractivity contribution in [1.82, 2.24) is 19.9 Å². The summed E-state index contributed by atoms with van der Waals surface area (Å²) in [5, 5.41) is 16.2. The molecule has 7 heteroatoms. The van der Waals surface area contributed by atoms with Gasteiger partial charge in [0.1, 0.15) is 6.54 Å². The zero-order valence-corrected chi connectivity index (χ0v) is 12.4. The summed E-state index contributed by atoms with van der Waals surface area (Å²) in [4.78, 5) is 24.8. The van der Waals surface area contributed by atoms with Gasteiger partial charge in [0.2, 0.25) is 0 Å². The predicted molar refractivity (Wildman–Crippen MR) is 75.8 cm³/mol. The topological polar surface area (TPSA) is 88.3 Å². The molecule has 116 valence electrons. The second-order valence-corrected chi connectivity index (χ2v) is 5.57. The van der Waals surface area contributed by atoms with Crippen LogP contribution in [0.4, 0.5) is 0 Å². The summed E-state index contributed by atoms with van der Waals surface area (Å²) in [6, 6.07) is 0. The Kier molecular flexibility index (Phi) is 5.30. The Labute approximate surface area is 123 Å². The average Bonchev–Trinajstić information content (AvgIpc) is 2.76. The predicted octanol–water partition coefficient (Wildman–Crippen LogP) is 1.41. The van der Waals surface area contributed by atoms with Crippen LogP contribution >= 0.6 is 0 Å². The summed E-state index contributed by atoms with van der Waals surface area (Å²) in [5.41, 5.74) is 0.227. The first kappa shape index (κ1) is 15.5. The molecule has 0 radical (unpaired) electrons. The van der Waals surface area contributed by atoms with Gasteiger partial charge in [-0.3, -0.25) is 9.59 Å². The third-order valence-electron chi connectivity index (χ3n) is 3.89. The van der Waals surface area contributed by atoms with Crippen molar-refractivity contribution in [2.24, 2.45) is 5.92 Å². The van der Waals surface area contributed by atoms with Gasteiger partial charge in [-0.1, -0.05) is 25.0 Å². The minimum Gasteiger partial charge on any atom is -0.480 e. The maximum Gasteiger partial charge on any atom is 0.325 e. The lowest BCUT2D eigenvalue weighted by Crippen LogP contribution is -2.32. The van der Waals surface area contributed by atoms with E-state index in [1.165, 1.54) is 30.1 Å². The highest BCUT2D eigenvalue weighted by atomic mass is 16.4. The first-order valence-corrected chi connectivity index (χ1v) is 7.51. The van der Waals surface area contributed by atoms with Crippen molar-refractivity contribution in [3.8, 4) is 0 Å². The number of hydrogen-bond donors (Lipinski definition) is 1. The van der Waals surface area contributed by atoms with Crippen molar-refractivity contribution in [1.29, 1.82) is 0 Å². The smallest absolute Gasteiger partial charge is 0.325 e. The Bertz CT molecular complexity index is 500. The number of rotatable bonds is 5. The molecular weight excluding hydrogens is 272 g/mol.